The van der Waals surface area contributed by atoms with Crippen molar-refractivity contribution in [2.75, 3.05) is 7.11 Å². The summed E-state index contributed by atoms with van der Waals surface area (Å²) in [7, 11) is -0.666. The largest absolute Gasteiger partial charge is 0.457 e. The van der Waals surface area contributed by atoms with Gasteiger partial charge in [-0.2, -0.15) is 0 Å². The third-order valence-corrected chi connectivity index (χ3v) is 15.7. The van der Waals surface area contributed by atoms with Crippen molar-refractivity contribution in [3.05, 3.63) is 47.8 Å². The number of nitrogens with one attached hydrogen (secondary N) is 1. The van der Waals surface area contributed by atoms with Crippen LogP contribution >= 0.6 is 0 Å². The zero-order valence-corrected chi connectivity index (χ0v) is 31.4. The van der Waals surface area contributed by atoms with Crippen LogP contribution in [0.3, 0.4) is 0 Å². The second-order valence-electron chi connectivity index (χ2n) is 15.4. The van der Waals surface area contributed by atoms with E-state index < -0.39 is 68.4 Å². The summed E-state index contributed by atoms with van der Waals surface area (Å²) in [5, 5.41) is -0.0222. The lowest BCUT2D eigenvalue weighted by molar-refractivity contribution is -0.171. The predicted octanol–water partition coefficient (Wildman–Crippen LogP) is 6.31. The van der Waals surface area contributed by atoms with Crippen LogP contribution in [0.5, 0.6) is 0 Å². The van der Waals surface area contributed by atoms with Gasteiger partial charge < -0.3 is 38.8 Å². The molecule has 4 rings (SSSR count). The zero-order valence-electron chi connectivity index (χ0n) is 30.4. The molecule has 1 spiro atoms. The smallest absolute Gasteiger partial charge is 0.404 e. The van der Waals surface area contributed by atoms with Gasteiger partial charge in [-0.1, -0.05) is 52.8 Å². The second-order valence-corrected chi connectivity index (χ2v) is 20.2. The molecule has 12 heteroatoms. The van der Waals surface area contributed by atoms with Gasteiger partial charge in [-0.25, -0.2) is 14.4 Å². The van der Waals surface area contributed by atoms with Crippen LogP contribution < -0.4 is 5.73 Å². The molecule has 268 valence electrons. The van der Waals surface area contributed by atoms with E-state index in [1.54, 1.807) is 25.3 Å². The Morgan fingerprint density at radius 3 is 2.40 bits per heavy atom. The molecule has 1 fully saturated rings. The van der Waals surface area contributed by atoms with Gasteiger partial charge in [0.05, 0.1) is 11.7 Å². The molecule has 2 aliphatic heterocycles. The van der Waals surface area contributed by atoms with E-state index in [2.05, 4.69) is 64.0 Å². The van der Waals surface area contributed by atoms with E-state index in [1.165, 1.54) is 7.11 Å². The summed E-state index contributed by atoms with van der Waals surface area (Å²) in [4.78, 5) is 41.6. The highest BCUT2D eigenvalue weighted by molar-refractivity contribution is 6.74. The number of carbonyl (C=O) groups is 3. The van der Waals surface area contributed by atoms with Crippen molar-refractivity contribution >= 4 is 26.3 Å². The van der Waals surface area contributed by atoms with Crippen LogP contribution in [0, 0.1) is 23.7 Å². The first kappa shape index (κ1) is 37.9. The Morgan fingerprint density at radius 1 is 1.12 bits per heavy atom. The van der Waals surface area contributed by atoms with E-state index >= 15 is 0 Å². The van der Waals surface area contributed by atoms with Gasteiger partial charge in [0.25, 0.3) is 0 Å². The Labute approximate surface area is 286 Å². The van der Waals surface area contributed by atoms with E-state index in [0.29, 0.717) is 18.5 Å². The molecule has 3 N–H and O–H groups in total. The monoisotopic (exact) mass is 688 g/mol. The van der Waals surface area contributed by atoms with Crippen molar-refractivity contribution in [2.24, 2.45) is 29.4 Å². The lowest BCUT2D eigenvalue weighted by atomic mass is 9.69. The summed E-state index contributed by atoms with van der Waals surface area (Å²) in [6.45, 7) is 20.6. The molecule has 1 saturated heterocycles. The maximum Gasteiger partial charge on any atom is 0.404 e. The fourth-order valence-corrected chi connectivity index (χ4v) is 8.61. The minimum Gasteiger partial charge on any atom is -0.457 e. The summed E-state index contributed by atoms with van der Waals surface area (Å²) in [5.74, 6) is -2.01. The summed E-state index contributed by atoms with van der Waals surface area (Å²) in [5.41, 5.74) is 5.85. The highest BCUT2D eigenvalue weighted by atomic mass is 28.4. The summed E-state index contributed by atoms with van der Waals surface area (Å²) in [6.07, 6.45) is 4.21. The summed E-state index contributed by atoms with van der Waals surface area (Å²) < 4.78 is 37.4. The number of hydrogen-bond donors (Lipinski definition) is 2. The average molecular weight is 689 g/mol. The highest BCUT2D eigenvalue weighted by Crippen LogP contribution is 2.53. The van der Waals surface area contributed by atoms with Gasteiger partial charge in [-0.3, -0.25) is 0 Å². The van der Waals surface area contributed by atoms with E-state index in [1.807, 2.05) is 20.8 Å². The Bertz CT molecular complexity index is 1370. The van der Waals surface area contributed by atoms with Crippen molar-refractivity contribution in [1.82, 2.24) is 4.98 Å². The average Bonchev–Trinajstić information content (AvgIpc) is 3.64. The first-order chi connectivity index (χ1) is 22.3. The zero-order chi connectivity index (χ0) is 35.8. The van der Waals surface area contributed by atoms with Crippen LogP contribution in [-0.4, -0.2) is 80.7 Å². The molecule has 1 aromatic rings. The maximum atomic E-state index is 13.7. The molecule has 2 bridgehead atoms. The number of amides is 1. The van der Waals surface area contributed by atoms with Crippen molar-refractivity contribution in [1.29, 1.82) is 0 Å². The van der Waals surface area contributed by atoms with Crippen molar-refractivity contribution in [3.8, 4) is 0 Å². The molecule has 1 unspecified atom stereocenters. The predicted molar refractivity (Wildman–Crippen MR) is 184 cm³/mol. The molecule has 0 radical (unpaired) electrons. The van der Waals surface area contributed by atoms with Crippen LogP contribution in [0.25, 0.3) is 0 Å². The number of cyclic esters (lactones) is 1. The molecule has 3 aliphatic rings. The number of esters is 2. The number of hydrogen-bond acceptors (Lipinski definition) is 9. The molecule has 0 aromatic carbocycles. The number of carbonyl (C=O) groups excluding carboxylic acids is 3. The van der Waals surface area contributed by atoms with Gasteiger partial charge in [-0.05, 0) is 69.5 Å². The second kappa shape index (κ2) is 14.5. The number of ether oxygens (including phenoxy) is 5. The fraction of sp³-hybridized carbons (Fsp3) is 0.694. The summed E-state index contributed by atoms with van der Waals surface area (Å²) in [6, 6.07) is 3.36. The van der Waals surface area contributed by atoms with Crippen LogP contribution in [0.2, 0.25) is 18.1 Å². The number of methoxy groups -OCH3 is 1. The maximum absolute atomic E-state index is 13.7. The number of aromatic amines is 1. The lowest BCUT2D eigenvalue weighted by Gasteiger charge is -2.43. The SMILES string of the molecule is CO[C@H]1CC2C=C[C@@H]3C[C@]2(O[C@H]3[C@H](OC(=O)c2ccc[nH]2)[C@H](C)[C@H](C)OC(N)=O)/C(C)=C/[C@@H](C)[C@@H]([C@@H](C)O[Si](C)(C)C(C)(C)C)OC1=O. The normalized spacial score (nSPS) is 32.9. The summed E-state index contributed by atoms with van der Waals surface area (Å²) >= 11 is 0. The van der Waals surface area contributed by atoms with Gasteiger partial charge >= 0.3 is 18.0 Å². The molecule has 11 nitrogen and oxygen atoms in total. The molecular weight excluding hydrogens is 632 g/mol. The van der Waals surface area contributed by atoms with E-state index in [9.17, 15) is 14.4 Å². The van der Waals surface area contributed by atoms with Crippen LogP contribution in [0.15, 0.2) is 42.1 Å². The Morgan fingerprint density at radius 2 is 1.81 bits per heavy atom. The van der Waals surface area contributed by atoms with Crippen molar-refractivity contribution < 1.29 is 42.5 Å². The molecule has 1 amide bonds. The third-order valence-electron chi connectivity index (χ3n) is 11.2. The van der Waals surface area contributed by atoms with Crippen molar-refractivity contribution in [3.63, 3.8) is 0 Å². The molecule has 1 aromatic heterocycles. The number of aromatic nitrogens is 1. The minimum atomic E-state index is -2.19. The third kappa shape index (κ3) is 7.77. The molecule has 48 heavy (non-hydrogen) atoms. The van der Waals surface area contributed by atoms with Crippen LogP contribution in [0.1, 0.15) is 78.7 Å². The molecular formula is C36H56N2O9Si. The van der Waals surface area contributed by atoms with Crippen molar-refractivity contribution in [2.45, 2.75) is 129 Å². The first-order valence-electron chi connectivity index (χ1n) is 17.1. The molecule has 1 aliphatic carbocycles. The topological polar surface area (TPSA) is 148 Å². The van der Waals surface area contributed by atoms with Gasteiger partial charge in [0.1, 0.15) is 30.1 Å². The first-order valence-corrected chi connectivity index (χ1v) is 20.0. The highest BCUT2D eigenvalue weighted by Gasteiger charge is 2.58. The Kier molecular flexibility index (Phi) is 11.4. The number of H-pyrrole nitrogens is 1. The fourth-order valence-electron chi connectivity index (χ4n) is 7.19. The van der Waals surface area contributed by atoms with Crippen LogP contribution in [-0.2, 0) is 32.9 Å². The standard InChI is InChI=1S/C36H56N2O9Si/c1-20-17-21(2)36-19-25(31(46-36)30(22(3)23(4)43-34(37)41)45-32(39)27-13-12-16-38-27)14-15-26(36)18-28(42-9)33(40)44-29(20)24(5)47-48(10,11)35(6,7)8/h12-17,20,22-26,28-31,38H,18-19H2,1-11H3,(H2,37,41)/b21-17+/t20-,22-,23+,24-,25-,26?,28+,29+,30-,31-,36+/m1/s1. The van der Waals surface area contributed by atoms with E-state index in [-0.39, 0.29) is 28.9 Å². The number of rotatable bonds is 10. The van der Waals surface area contributed by atoms with Gasteiger partial charge in [-0.15, -0.1) is 0 Å². The van der Waals surface area contributed by atoms with E-state index in [0.717, 1.165) is 5.57 Å². The molecule has 3 heterocycles. The number of nitrogens with two attached hydrogens (primary N) is 1. The number of fused-ring (bicyclic) bond motifs is 1. The van der Waals surface area contributed by atoms with E-state index in [4.69, 9.17) is 33.8 Å². The quantitative estimate of drug-likeness (QED) is 0.125. The van der Waals surface area contributed by atoms with Gasteiger partial charge in [0, 0.05) is 37.0 Å². The van der Waals surface area contributed by atoms with Gasteiger partial charge in [0.2, 0.25) is 0 Å². The Hall–Kier alpha value is -2.93. The molecule has 0 saturated carbocycles. The van der Waals surface area contributed by atoms with Crippen LogP contribution in [0.4, 0.5) is 4.79 Å². The van der Waals surface area contributed by atoms with Gasteiger partial charge in [0.15, 0.2) is 14.4 Å². The Balaban J connectivity index is 1.73. The molecule has 11 atom stereocenters. The lowest BCUT2D eigenvalue weighted by Crippen LogP contribution is -2.50. The number of primary amides is 1. The minimum absolute atomic E-state index is 0.0222.